The molecule has 0 aliphatic carbocycles. The average Bonchev–Trinajstić information content (AvgIpc) is 2.48. The molecule has 1 aromatic carbocycles. The van der Waals surface area contributed by atoms with Gasteiger partial charge in [0.2, 0.25) is 0 Å². The molecule has 0 amide bonds. The minimum Gasteiger partial charge on any atom is -0.497 e. The fourth-order valence-corrected chi connectivity index (χ4v) is 1.94. The maximum Gasteiger partial charge on any atom is 0.122 e. The zero-order chi connectivity index (χ0) is 14.4. The van der Waals surface area contributed by atoms with E-state index in [-0.39, 0.29) is 0 Å². The number of nitrogens with zero attached hydrogens (tertiary/aromatic N) is 1. The van der Waals surface area contributed by atoms with Crippen LogP contribution >= 0.6 is 12.2 Å². The number of benzene rings is 1. The molecular weight excluding hydrogens is 270 g/mol. The summed E-state index contributed by atoms with van der Waals surface area (Å²) in [5.74, 6) is 0.880. The van der Waals surface area contributed by atoms with Gasteiger partial charge in [0.25, 0.3) is 0 Å². The molecule has 0 unspecified atom stereocenters. The van der Waals surface area contributed by atoms with Gasteiger partial charge in [-0.3, -0.25) is 4.98 Å². The van der Waals surface area contributed by atoms with Crippen LogP contribution in [-0.2, 0) is 6.42 Å². The van der Waals surface area contributed by atoms with Crippen molar-refractivity contribution >= 4 is 22.9 Å². The topological polar surface area (TPSA) is 60.2 Å². The number of anilines is 1. The van der Waals surface area contributed by atoms with Gasteiger partial charge in [-0.15, -0.1) is 0 Å². The van der Waals surface area contributed by atoms with Crippen molar-refractivity contribution < 1.29 is 4.74 Å². The second kappa shape index (κ2) is 6.86. The van der Waals surface area contributed by atoms with Crippen molar-refractivity contribution in [3.8, 4) is 5.75 Å². The molecule has 2 rings (SSSR count). The Morgan fingerprint density at radius 1 is 1.35 bits per heavy atom. The van der Waals surface area contributed by atoms with Crippen molar-refractivity contribution in [2.45, 2.75) is 6.42 Å². The molecule has 0 radical (unpaired) electrons. The number of methoxy groups -OCH3 is 1. The van der Waals surface area contributed by atoms with Crippen molar-refractivity contribution in [1.29, 1.82) is 0 Å². The van der Waals surface area contributed by atoms with E-state index in [1.165, 1.54) is 5.56 Å². The first-order valence-electron chi connectivity index (χ1n) is 6.31. The van der Waals surface area contributed by atoms with Gasteiger partial charge in [0.1, 0.15) is 10.7 Å². The van der Waals surface area contributed by atoms with E-state index in [0.717, 1.165) is 24.4 Å². The number of nitrogens with two attached hydrogens (primary N) is 1. The zero-order valence-electron chi connectivity index (χ0n) is 11.3. The lowest BCUT2D eigenvalue weighted by molar-refractivity contribution is 0.414. The summed E-state index contributed by atoms with van der Waals surface area (Å²) < 4.78 is 5.20. The molecule has 0 saturated heterocycles. The van der Waals surface area contributed by atoms with Crippen LogP contribution in [0.4, 0.5) is 5.69 Å². The van der Waals surface area contributed by atoms with Crippen molar-refractivity contribution in [2.24, 2.45) is 5.73 Å². The fraction of sp³-hybridized carbons (Fsp3) is 0.200. The van der Waals surface area contributed by atoms with Gasteiger partial charge in [0.15, 0.2) is 0 Å². The third-order valence-corrected chi connectivity index (χ3v) is 3.10. The Morgan fingerprint density at radius 2 is 2.20 bits per heavy atom. The Balaban J connectivity index is 1.87. The number of hydrogen-bond acceptors (Lipinski definition) is 4. The lowest BCUT2D eigenvalue weighted by Gasteiger charge is -2.08. The van der Waals surface area contributed by atoms with Crippen LogP contribution < -0.4 is 15.8 Å². The summed E-state index contributed by atoms with van der Waals surface area (Å²) in [4.78, 5) is 4.50. The van der Waals surface area contributed by atoms with E-state index < -0.39 is 0 Å². The van der Waals surface area contributed by atoms with E-state index in [1.54, 1.807) is 13.3 Å². The highest BCUT2D eigenvalue weighted by Crippen LogP contribution is 2.13. The first kappa shape index (κ1) is 14.3. The highest BCUT2D eigenvalue weighted by molar-refractivity contribution is 7.80. The standard InChI is InChI=1S/C15H17N3OS/c1-19-13-4-2-3-11(9-13)7-8-17-12-5-6-14(15(16)20)18-10-12/h2-6,9-10,17H,7-8H2,1H3,(H2,16,20). The third kappa shape index (κ3) is 3.93. The van der Waals surface area contributed by atoms with Crippen LogP contribution in [0, 0.1) is 0 Å². The highest BCUT2D eigenvalue weighted by atomic mass is 32.1. The predicted molar refractivity (Wildman–Crippen MR) is 85.3 cm³/mol. The summed E-state index contributed by atoms with van der Waals surface area (Å²) in [6.07, 6.45) is 2.65. The van der Waals surface area contributed by atoms with Crippen LogP contribution in [0.3, 0.4) is 0 Å². The highest BCUT2D eigenvalue weighted by Gasteiger charge is 1.99. The van der Waals surface area contributed by atoms with Crippen molar-refractivity contribution in [3.63, 3.8) is 0 Å². The molecule has 5 heteroatoms. The van der Waals surface area contributed by atoms with Crippen LogP contribution in [0.5, 0.6) is 5.75 Å². The summed E-state index contributed by atoms with van der Waals surface area (Å²) >= 11 is 4.86. The quantitative estimate of drug-likeness (QED) is 0.799. The largest absolute Gasteiger partial charge is 0.497 e. The van der Waals surface area contributed by atoms with Gasteiger partial charge >= 0.3 is 0 Å². The first-order chi connectivity index (χ1) is 9.69. The Morgan fingerprint density at radius 3 is 2.85 bits per heavy atom. The smallest absolute Gasteiger partial charge is 0.122 e. The molecule has 1 heterocycles. The predicted octanol–water partition coefficient (Wildman–Crippen LogP) is 2.38. The van der Waals surface area contributed by atoms with E-state index >= 15 is 0 Å². The number of hydrogen-bond donors (Lipinski definition) is 2. The van der Waals surface area contributed by atoms with Gasteiger partial charge < -0.3 is 15.8 Å². The second-order valence-electron chi connectivity index (χ2n) is 4.32. The third-order valence-electron chi connectivity index (χ3n) is 2.89. The Bertz CT molecular complexity index is 584. The lowest BCUT2D eigenvalue weighted by Crippen LogP contribution is -2.12. The average molecular weight is 287 g/mol. The van der Waals surface area contributed by atoms with E-state index in [4.69, 9.17) is 22.7 Å². The van der Waals surface area contributed by atoms with Crippen molar-refractivity contribution in [2.75, 3.05) is 19.0 Å². The first-order valence-corrected chi connectivity index (χ1v) is 6.72. The summed E-state index contributed by atoms with van der Waals surface area (Å²) in [6.45, 7) is 0.821. The molecular formula is C15H17N3OS. The Kier molecular flexibility index (Phi) is 4.90. The van der Waals surface area contributed by atoms with Crippen LogP contribution in [0.25, 0.3) is 0 Å². The van der Waals surface area contributed by atoms with Crippen LogP contribution in [-0.4, -0.2) is 23.6 Å². The SMILES string of the molecule is COc1cccc(CCNc2ccc(C(N)=S)nc2)c1. The molecule has 104 valence electrons. The molecule has 0 aliphatic heterocycles. The number of pyridine rings is 1. The molecule has 0 spiro atoms. The Labute approximate surface area is 124 Å². The molecule has 3 N–H and O–H groups in total. The van der Waals surface area contributed by atoms with Crippen LogP contribution in [0.1, 0.15) is 11.3 Å². The molecule has 1 aromatic heterocycles. The number of ether oxygens (including phenoxy) is 1. The van der Waals surface area contributed by atoms with Gasteiger partial charge in [-0.05, 0) is 36.2 Å². The van der Waals surface area contributed by atoms with Gasteiger partial charge in [-0.25, -0.2) is 0 Å². The summed E-state index contributed by atoms with van der Waals surface area (Å²) in [7, 11) is 1.67. The van der Waals surface area contributed by atoms with Gasteiger partial charge in [0.05, 0.1) is 24.7 Å². The second-order valence-corrected chi connectivity index (χ2v) is 4.76. The lowest BCUT2D eigenvalue weighted by atomic mass is 10.1. The fourth-order valence-electron chi connectivity index (χ4n) is 1.82. The molecule has 0 atom stereocenters. The van der Waals surface area contributed by atoms with Crippen LogP contribution in [0.2, 0.25) is 0 Å². The van der Waals surface area contributed by atoms with E-state index in [1.807, 2.05) is 30.3 Å². The van der Waals surface area contributed by atoms with Gasteiger partial charge in [-0.1, -0.05) is 24.4 Å². The molecule has 2 aromatic rings. The molecule has 0 saturated carbocycles. The summed E-state index contributed by atoms with van der Waals surface area (Å²) in [5.41, 5.74) is 8.32. The zero-order valence-corrected chi connectivity index (χ0v) is 12.1. The van der Waals surface area contributed by atoms with Gasteiger partial charge in [0, 0.05) is 6.54 Å². The Hall–Kier alpha value is -2.14. The summed E-state index contributed by atoms with van der Waals surface area (Å²) in [5, 5.41) is 3.31. The summed E-state index contributed by atoms with van der Waals surface area (Å²) in [6, 6.07) is 11.8. The van der Waals surface area contributed by atoms with Gasteiger partial charge in [-0.2, -0.15) is 0 Å². The molecule has 0 bridgehead atoms. The number of rotatable bonds is 6. The molecule has 20 heavy (non-hydrogen) atoms. The molecule has 0 fully saturated rings. The van der Waals surface area contributed by atoms with Crippen molar-refractivity contribution in [1.82, 2.24) is 4.98 Å². The number of nitrogens with one attached hydrogen (secondary N) is 1. The monoisotopic (exact) mass is 287 g/mol. The van der Waals surface area contributed by atoms with E-state index in [9.17, 15) is 0 Å². The van der Waals surface area contributed by atoms with Crippen molar-refractivity contribution in [3.05, 3.63) is 53.9 Å². The van der Waals surface area contributed by atoms with Crippen LogP contribution in [0.15, 0.2) is 42.6 Å². The number of aromatic nitrogens is 1. The normalized spacial score (nSPS) is 10.1. The number of thiocarbonyl (C=S) groups is 1. The molecule has 4 nitrogen and oxygen atoms in total. The molecule has 0 aliphatic rings. The maximum atomic E-state index is 5.50. The minimum atomic E-state index is 0.313. The minimum absolute atomic E-state index is 0.313. The van der Waals surface area contributed by atoms with E-state index in [2.05, 4.69) is 16.4 Å². The maximum absolute atomic E-state index is 5.50. The van der Waals surface area contributed by atoms with E-state index in [0.29, 0.717) is 10.7 Å².